The summed E-state index contributed by atoms with van der Waals surface area (Å²) in [6.45, 7) is 3.45. The highest BCUT2D eigenvalue weighted by atomic mass is 16.5. The molecule has 17 heavy (non-hydrogen) atoms. The quantitative estimate of drug-likeness (QED) is 0.540. The SMILES string of the molecule is CC(C)(O)CCOC(=O)c1cc(N)cc(N)c1. The molecule has 0 radical (unpaired) electrons. The van der Waals surface area contributed by atoms with Crippen LogP contribution >= 0.6 is 0 Å². The van der Waals surface area contributed by atoms with Gasteiger partial charge in [0.15, 0.2) is 0 Å². The molecule has 0 unspecified atom stereocenters. The van der Waals surface area contributed by atoms with Gasteiger partial charge in [-0.05, 0) is 32.0 Å². The largest absolute Gasteiger partial charge is 0.462 e. The normalized spacial score (nSPS) is 11.2. The second-order valence-corrected chi connectivity index (χ2v) is 4.59. The lowest BCUT2D eigenvalue weighted by Gasteiger charge is -2.16. The van der Waals surface area contributed by atoms with Crippen LogP contribution in [0.25, 0.3) is 0 Å². The van der Waals surface area contributed by atoms with Crippen LogP contribution in [-0.4, -0.2) is 23.3 Å². The summed E-state index contributed by atoms with van der Waals surface area (Å²) in [6.07, 6.45) is 0.372. The van der Waals surface area contributed by atoms with Gasteiger partial charge in [-0.3, -0.25) is 0 Å². The Hall–Kier alpha value is -1.75. The monoisotopic (exact) mass is 238 g/mol. The van der Waals surface area contributed by atoms with Crippen LogP contribution in [0.1, 0.15) is 30.6 Å². The summed E-state index contributed by atoms with van der Waals surface area (Å²) in [7, 11) is 0. The number of benzene rings is 1. The Bertz CT molecular complexity index is 390. The molecule has 1 aromatic carbocycles. The number of ether oxygens (including phenoxy) is 1. The maximum Gasteiger partial charge on any atom is 0.338 e. The topological polar surface area (TPSA) is 98.6 Å². The summed E-state index contributed by atoms with van der Waals surface area (Å²) < 4.78 is 5.00. The number of rotatable bonds is 4. The van der Waals surface area contributed by atoms with Crippen molar-refractivity contribution in [2.24, 2.45) is 0 Å². The van der Waals surface area contributed by atoms with E-state index in [1.807, 2.05) is 0 Å². The van der Waals surface area contributed by atoms with Crippen LogP contribution in [0.4, 0.5) is 11.4 Å². The Kier molecular flexibility index (Phi) is 3.96. The van der Waals surface area contributed by atoms with Gasteiger partial charge in [0.05, 0.1) is 17.8 Å². The first-order chi connectivity index (χ1) is 7.78. The number of carbonyl (C=O) groups is 1. The summed E-state index contributed by atoms with van der Waals surface area (Å²) in [6, 6.07) is 4.57. The number of hydrogen-bond donors (Lipinski definition) is 3. The molecule has 0 bridgehead atoms. The van der Waals surface area contributed by atoms with E-state index in [4.69, 9.17) is 16.2 Å². The number of nitrogens with two attached hydrogens (primary N) is 2. The fourth-order valence-electron chi connectivity index (χ4n) is 1.27. The van der Waals surface area contributed by atoms with Gasteiger partial charge in [-0.1, -0.05) is 0 Å². The van der Waals surface area contributed by atoms with Crippen molar-refractivity contribution in [2.45, 2.75) is 25.9 Å². The zero-order valence-electron chi connectivity index (χ0n) is 10.1. The van der Waals surface area contributed by atoms with Gasteiger partial charge in [0.25, 0.3) is 0 Å². The second kappa shape index (κ2) is 5.05. The molecular weight excluding hydrogens is 220 g/mol. The standard InChI is InChI=1S/C12H18N2O3/c1-12(2,16)3-4-17-11(15)8-5-9(13)7-10(14)6-8/h5-7,16H,3-4,13-14H2,1-2H3. The average molecular weight is 238 g/mol. The van der Waals surface area contributed by atoms with E-state index < -0.39 is 11.6 Å². The van der Waals surface area contributed by atoms with Gasteiger partial charge >= 0.3 is 5.97 Å². The van der Waals surface area contributed by atoms with Crippen LogP contribution in [-0.2, 0) is 4.74 Å². The van der Waals surface area contributed by atoms with Crippen molar-refractivity contribution in [3.8, 4) is 0 Å². The van der Waals surface area contributed by atoms with Gasteiger partial charge in [-0.25, -0.2) is 4.79 Å². The Balaban J connectivity index is 2.58. The van der Waals surface area contributed by atoms with Crippen molar-refractivity contribution >= 4 is 17.3 Å². The predicted octanol–water partition coefficient (Wildman–Crippen LogP) is 1.17. The van der Waals surface area contributed by atoms with Crippen LogP contribution in [0.5, 0.6) is 0 Å². The van der Waals surface area contributed by atoms with Crippen molar-refractivity contribution < 1.29 is 14.6 Å². The molecule has 0 aliphatic heterocycles. The van der Waals surface area contributed by atoms with E-state index in [2.05, 4.69) is 0 Å². The molecule has 5 N–H and O–H groups in total. The maximum absolute atomic E-state index is 11.6. The van der Waals surface area contributed by atoms with E-state index >= 15 is 0 Å². The molecule has 94 valence electrons. The lowest BCUT2D eigenvalue weighted by atomic mass is 10.1. The summed E-state index contributed by atoms with van der Waals surface area (Å²) in [5.41, 5.74) is 11.4. The molecule has 1 aromatic rings. The van der Waals surface area contributed by atoms with Gasteiger partial charge in [-0.15, -0.1) is 0 Å². The van der Waals surface area contributed by atoms with Gasteiger partial charge in [0, 0.05) is 17.8 Å². The van der Waals surface area contributed by atoms with E-state index in [1.165, 1.54) is 12.1 Å². The maximum atomic E-state index is 11.6. The zero-order chi connectivity index (χ0) is 13.1. The molecule has 5 heteroatoms. The number of carbonyl (C=O) groups excluding carboxylic acids is 1. The Morgan fingerprint density at radius 2 is 1.82 bits per heavy atom. The number of hydrogen-bond acceptors (Lipinski definition) is 5. The van der Waals surface area contributed by atoms with Crippen LogP contribution in [0, 0.1) is 0 Å². The number of anilines is 2. The van der Waals surface area contributed by atoms with Gasteiger partial charge in [0.1, 0.15) is 0 Å². The minimum Gasteiger partial charge on any atom is -0.462 e. The molecule has 1 rings (SSSR count). The van der Waals surface area contributed by atoms with Crippen molar-refractivity contribution in [3.63, 3.8) is 0 Å². The van der Waals surface area contributed by atoms with E-state index in [-0.39, 0.29) is 6.61 Å². The van der Waals surface area contributed by atoms with E-state index in [9.17, 15) is 9.90 Å². The molecule has 0 atom stereocenters. The predicted molar refractivity (Wildman–Crippen MR) is 66.5 cm³/mol. The molecule has 0 spiro atoms. The highest BCUT2D eigenvalue weighted by Crippen LogP contribution is 2.15. The highest BCUT2D eigenvalue weighted by Gasteiger charge is 2.14. The lowest BCUT2D eigenvalue weighted by molar-refractivity contribution is 0.0244. The van der Waals surface area contributed by atoms with Crippen LogP contribution in [0.2, 0.25) is 0 Å². The highest BCUT2D eigenvalue weighted by molar-refractivity contribution is 5.91. The number of nitrogen functional groups attached to an aromatic ring is 2. The van der Waals surface area contributed by atoms with E-state index in [1.54, 1.807) is 19.9 Å². The molecular formula is C12H18N2O3. The number of aliphatic hydroxyl groups is 1. The lowest BCUT2D eigenvalue weighted by Crippen LogP contribution is -2.22. The van der Waals surface area contributed by atoms with Gasteiger partial charge < -0.3 is 21.3 Å². The first-order valence-electron chi connectivity index (χ1n) is 5.33. The summed E-state index contributed by atoms with van der Waals surface area (Å²) in [4.78, 5) is 11.6. The zero-order valence-corrected chi connectivity index (χ0v) is 10.1. The third-order valence-electron chi connectivity index (χ3n) is 2.16. The molecule has 0 amide bonds. The van der Waals surface area contributed by atoms with Crippen LogP contribution in [0.3, 0.4) is 0 Å². The molecule has 0 aliphatic rings. The second-order valence-electron chi connectivity index (χ2n) is 4.59. The first kappa shape index (κ1) is 13.3. The fourth-order valence-corrected chi connectivity index (χ4v) is 1.27. The Labute approximate surface area is 100 Å². The van der Waals surface area contributed by atoms with Gasteiger partial charge in [-0.2, -0.15) is 0 Å². The Morgan fingerprint density at radius 1 is 1.29 bits per heavy atom. The molecule has 5 nitrogen and oxygen atoms in total. The fraction of sp³-hybridized carbons (Fsp3) is 0.417. The first-order valence-corrected chi connectivity index (χ1v) is 5.33. The summed E-state index contributed by atoms with van der Waals surface area (Å²) >= 11 is 0. The van der Waals surface area contributed by atoms with Crippen LogP contribution < -0.4 is 11.5 Å². The molecule has 0 aromatic heterocycles. The minimum atomic E-state index is -0.852. The Morgan fingerprint density at radius 3 is 2.29 bits per heavy atom. The molecule has 0 saturated heterocycles. The van der Waals surface area contributed by atoms with Crippen molar-refractivity contribution in [1.29, 1.82) is 0 Å². The third-order valence-corrected chi connectivity index (χ3v) is 2.16. The average Bonchev–Trinajstić information content (AvgIpc) is 2.13. The molecule has 0 aliphatic carbocycles. The molecule has 0 fully saturated rings. The van der Waals surface area contributed by atoms with Crippen molar-refractivity contribution in [3.05, 3.63) is 23.8 Å². The van der Waals surface area contributed by atoms with Gasteiger partial charge in [0.2, 0.25) is 0 Å². The van der Waals surface area contributed by atoms with Crippen LogP contribution in [0.15, 0.2) is 18.2 Å². The summed E-state index contributed by atoms with van der Waals surface area (Å²) in [5.74, 6) is -0.492. The summed E-state index contributed by atoms with van der Waals surface area (Å²) in [5, 5.41) is 9.46. The molecule has 0 heterocycles. The third kappa shape index (κ3) is 4.74. The van der Waals surface area contributed by atoms with Crippen molar-refractivity contribution in [2.75, 3.05) is 18.1 Å². The molecule has 0 saturated carbocycles. The minimum absolute atomic E-state index is 0.150. The van der Waals surface area contributed by atoms with Crippen molar-refractivity contribution in [1.82, 2.24) is 0 Å². The smallest absolute Gasteiger partial charge is 0.338 e. The van der Waals surface area contributed by atoms with E-state index in [0.717, 1.165) is 0 Å². The number of esters is 1. The van der Waals surface area contributed by atoms with E-state index in [0.29, 0.717) is 23.4 Å².